The maximum atomic E-state index is 13.3. The number of amides is 1. The number of aromatic nitrogens is 1. The molecular weight excluding hydrogens is 396 g/mol. The number of carboxylic acids is 1. The quantitative estimate of drug-likeness (QED) is 0.765. The molecule has 0 bridgehead atoms. The fourth-order valence-electron chi connectivity index (χ4n) is 4.28. The second-order valence-corrected chi connectivity index (χ2v) is 8.71. The van der Waals surface area contributed by atoms with E-state index in [2.05, 4.69) is 4.98 Å². The van der Waals surface area contributed by atoms with Crippen molar-refractivity contribution in [2.75, 3.05) is 19.8 Å². The first-order valence-corrected chi connectivity index (χ1v) is 10.9. The van der Waals surface area contributed by atoms with Gasteiger partial charge < -0.3 is 19.5 Å². The molecule has 1 amide bonds. The van der Waals surface area contributed by atoms with Gasteiger partial charge in [0.2, 0.25) is 5.88 Å². The zero-order valence-corrected chi connectivity index (χ0v) is 17.4. The minimum atomic E-state index is -0.956. The van der Waals surface area contributed by atoms with E-state index in [0.717, 1.165) is 55.7 Å². The van der Waals surface area contributed by atoms with Crippen LogP contribution in [0.2, 0.25) is 0 Å². The molecule has 3 heterocycles. The van der Waals surface area contributed by atoms with Gasteiger partial charge in [-0.3, -0.25) is 4.79 Å². The van der Waals surface area contributed by atoms with Crippen LogP contribution in [0.4, 0.5) is 0 Å². The van der Waals surface area contributed by atoms with E-state index < -0.39 is 5.97 Å². The molecule has 1 aliphatic carbocycles. The van der Waals surface area contributed by atoms with Crippen LogP contribution in [0.5, 0.6) is 5.88 Å². The van der Waals surface area contributed by atoms with Crippen molar-refractivity contribution in [1.82, 2.24) is 9.88 Å². The topological polar surface area (TPSA) is 89.0 Å². The van der Waals surface area contributed by atoms with Crippen LogP contribution in [0.3, 0.4) is 0 Å². The second-order valence-electron chi connectivity index (χ2n) is 8.71. The smallest absolute Gasteiger partial charge is 0.335 e. The Morgan fingerprint density at radius 2 is 1.81 bits per heavy atom. The molecule has 2 fully saturated rings. The second kappa shape index (κ2) is 8.30. The van der Waals surface area contributed by atoms with Crippen LogP contribution in [-0.2, 0) is 17.8 Å². The van der Waals surface area contributed by atoms with Crippen LogP contribution < -0.4 is 4.74 Å². The average molecular weight is 422 g/mol. The highest BCUT2D eigenvalue weighted by Gasteiger charge is 2.30. The lowest BCUT2D eigenvalue weighted by Gasteiger charge is -2.22. The Labute approximate surface area is 181 Å². The third-order valence-corrected chi connectivity index (χ3v) is 6.33. The standard InChI is InChI=1S/C24H26N2O5/c27-23(26-12-18-4-3-17(24(28)29)9-20(18)13-26)19-10-21(16-1-2-16)25-22(11-19)31-14-15-5-7-30-8-6-15/h3-4,9-11,15-16H,1-2,5-8,12-14H2,(H,28,29). The van der Waals surface area contributed by atoms with Gasteiger partial charge in [0.1, 0.15) is 0 Å². The number of carboxylic acid groups (broad SMARTS) is 1. The van der Waals surface area contributed by atoms with Gasteiger partial charge in [0, 0.05) is 49.5 Å². The van der Waals surface area contributed by atoms with Crippen molar-refractivity contribution < 1.29 is 24.2 Å². The molecule has 1 aromatic carbocycles. The molecule has 0 radical (unpaired) electrons. The molecule has 162 valence electrons. The number of aromatic carboxylic acids is 1. The molecular formula is C24H26N2O5. The number of carbonyl (C=O) groups excluding carboxylic acids is 1. The fraction of sp³-hybridized carbons (Fsp3) is 0.458. The Bertz CT molecular complexity index is 1010. The van der Waals surface area contributed by atoms with E-state index in [4.69, 9.17) is 9.47 Å². The minimum absolute atomic E-state index is 0.0757. The van der Waals surface area contributed by atoms with Gasteiger partial charge in [-0.1, -0.05) is 6.07 Å². The summed E-state index contributed by atoms with van der Waals surface area (Å²) in [5, 5.41) is 9.22. The van der Waals surface area contributed by atoms with Gasteiger partial charge in [-0.15, -0.1) is 0 Å². The SMILES string of the molecule is O=C(O)c1ccc2c(c1)CN(C(=O)c1cc(OCC3CCOCC3)nc(C3CC3)c1)C2. The van der Waals surface area contributed by atoms with Crippen molar-refractivity contribution in [3.05, 3.63) is 58.3 Å². The van der Waals surface area contributed by atoms with Crippen molar-refractivity contribution >= 4 is 11.9 Å². The highest BCUT2D eigenvalue weighted by molar-refractivity contribution is 5.95. The highest BCUT2D eigenvalue weighted by Crippen LogP contribution is 2.40. The molecule has 7 nitrogen and oxygen atoms in total. The zero-order chi connectivity index (χ0) is 21.4. The summed E-state index contributed by atoms with van der Waals surface area (Å²) in [6, 6.07) is 8.70. The Hall–Kier alpha value is -2.93. The van der Waals surface area contributed by atoms with Crippen LogP contribution in [0.15, 0.2) is 30.3 Å². The molecule has 5 rings (SSSR count). The lowest BCUT2D eigenvalue weighted by atomic mass is 10.0. The molecule has 2 aliphatic heterocycles. The molecule has 2 aromatic rings. The number of hydrogen-bond acceptors (Lipinski definition) is 5. The summed E-state index contributed by atoms with van der Waals surface area (Å²) in [6.45, 7) is 3.02. The first-order valence-electron chi connectivity index (χ1n) is 10.9. The average Bonchev–Trinajstić information content (AvgIpc) is 3.56. The van der Waals surface area contributed by atoms with Gasteiger partial charge in [-0.05, 0) is 60.9 Å². The van der Waals surface area contributed by atoms with E-state index in [0.29, 0.717) is 43.0 Å². The fourth-order valence-corrected chi connectivity index (χ4v) is 4.28. The van der Waals surface area contributed by atoms with Crippen LogP contribution in [0.25, 0.3) is 0 Å². The molecule has 0 atom stereocenters. The lowest BCUT2D eigenvalue weighted by molar-refractivity contribution is 0.0490. The predicted molar refractivity (Wildman–Crippen MR) is 112 cm³/mol. The number of hydrogen-bond donors (Lipinski definition) is 1. The Balaban J connectivity index is 1.33. The van der Waals surface area contributed by atoms with Crippen LogP contribution in [0, 0.1) is 5.92 Å². The maximum absolute atomic E-state index is 13.3. The van der Waals surface area contributed by atoms with Crippen LogP contribution in [0.1, 0.15) is 69.1 Å². The van der Waals surface area contributed by atoms with Gasteiger partial charge in [0.25, 0.3) is 5.91 Å². The van der Waals surface area contributed by atoms with E-state index in [1.165, 1.54) is 0 Å². The minimum Gasteiger partial charge on any atom is -0.478 e. The van der Waals surface area contributed by atoms with Gasteiger partial charge in [0.05, 0.1) is 12.2 Å². The van der Waals surface area contributed by atoms with E-state index in [-0.39, 0.29) is 11.5 Å². The lowest BCUT2D eigenvalue weighted by Crippen LogP contribution is -2.26. The highest BCUT2D eigenvalue weighted by atomic mass is 16.5. The number of rotatable bonds is 6. The summed E-state index contributed by atoms with van der Waals surface area (Å²) in [5.74, 6) is 0.349. The van der Waals surface area contributed by atoms with Gasteiger partial charge in [0.15, 0.2) is 0 Å². The normalized spacial score (nSPS) is 18.6. The molecule has 1 N–H and O–H groups in total. The molecule has 0 unspecified atom stereocenters. The Morgan fingerprint density at radius 3 is 2.55 bits per heavy atom. The summed E-state index contributed by atoms with van der Waals surface area (Å²) in [6.07, 6.45) is 4.16. The number of pyridine rings is 1. The van der Waals surface area contributed by atoms with Gasteiger partial charge in [-0.25, -0.2) is 9.78 Å². The number of ether oxygens (including phenoxy) is 2. The monoisotopic (exact) mass is 422 g/mol. The summed E-state index contributed by atoms with van der Waals surface area (Å²) in [4.78, 5) is 31.0. The molecule has 0 spiro atoms. The van der Waals surface area contributed by atoms with Crippen molar-refractivity contribution in [1.29, 1.82) is 0 Å². The van der Waals surface area contributed by atoms with Crippen molar-refractivity contribution in [2.24, 2.45) is 5.92 Å². The first-order chi connectivity index (χ1) is 15.1. The summed E-state index contributed by atoms with van der Waals surface area (Å²) in [5.41, 5.74) is 3.64. The number of carbonyl (C=O) groups is 2. The zero-order valence-electron chi connectivity index (χ0n) is 17.4. The molecule has 3 aliphatic rings. The van der Waals surface area contributed by atoms with Gasteiger partial charge >= 0.3 is 5.97 Å². The van der Waals surface area contributed by atoms with Crippen molar-refractivity contribution in [3.63, 3.8) is 0 Å². The largest absolute Gasteiger partial charge is 0.478 e. The number of nitrogens with zero attached hydrogens (tertiary/aromatic N) is 2. The molecule has 7 heteroatoms. The van der Waals surface area contributed by atoms with E-state index >= 15 is 0 Å². The molecule has 1 saturated heterocycles. The number of fused-ring (bicyclic) bond motifs is 1. The van der Waals surface area contributed by atoms with E-state index in [9.17, 15) is 14.7 Å². The maximum Gasteiger partial charge on any atom is 0.335 e. The van der Waals surface area contributed by atoms with Crippen LogP contribution in [-0.4, -0.2) is 46.7 Å². The van der Waals surface area contributed by atoms with Gasteiger partial charge in [-0.2, -0.15) is 0 Å². The van der Waals surface area contributed by atoms with Crippen molar-refractivity contribution in [2.45, 2.75) is 44.7 Å². The molecule has 1 aromatic heterocycles. The third kappa shape index (κ3) is 4.42. The predicted octanol–water partition coefficient (Wildman–Crippen LogP) is 3.62. The first kappa shape index (κ1) is 20.0. The van der Waals surface area contributed by atoms with Crippen LogP contribution >= 0.6 is 0 Å². The summed E-state index contributed by atoms with van der Waals surface area (Å²) < 4.78 is 11.4. The number of benzene rings is 1. The van der Waals surface area contributed by atoms with E-state index in [1.807, 2.05) is 6.07 Å². The molecule has 1 saturated carbocycles. The third-order valence-electron chi connectivity index (χ3n) is 6.33. The Kier molecular flexibility index (Phi) is 5.36. The van der Waals surface area contributed by atoms with E-state index in [1.54, 1.807) is 29.2 Å². The Morgan fingerprint density at radius 1 is 1.03 bits per heavy atom. The summed E-state index contributed by atoms with van der Waals surface area (Å²) in [7, 11) is 0. The molecule has 31 heavy (non-hydrogen) atoms. The summed E-state index contributed by atoms with van der Waals surface area (Å²) >= 11 is 0. The van der Waals surface area contributed by atoms with Crippen molar-refractivity contribution in [3.8, 4) is 5.88 Å².